The molecule has 0 spiro atoms. The number of aromatic nitrogens is 3. The lowest BCUT2D eigenvalue weighted by Gasteiger charge is -2.12. The predicted octanol–water partition coefficient (Wildman–Crippen LogP) is 2.56. The molecule has 0 bridgehead atoms. The molecule has 1 aromatic rings. The first-order chi connectivity index (χ1) is 8.17. The van der Waals surface area contributed by atoms with Gasteiger partial charge < -0.3 is 10.6 Å². The van der Waals surface area contributed by atoms with Crippen molar-refractivity contribution >= 4 is 23.5 Å². The van der Waals surface area contributed by atoms with E-state index in [0.717, 1.165) is 12.5 Å². The van der Waals surface area contributed by atoms with Gasteiger partial charge in [-0.3, -0.25) is 0 Å². The summed E-state index contributed by atoms with van der Waals surface area (Å²) in [7, 11) is 0. The maximum atomic E-state index is 5.86. The minimum atomic E-state index is 0.226. The molecule has 5 nitrogen and oxygen atoms in total. The number of nitrogens with one attached hydrogen (secondary N) is 2. The highest BCUT2D eigenvalue weighted by molar-refractivity contribution is 6.28. The van der Waals surface area contributed by atoms with Crippen molar-refractivity contribution in [3.05, 3.63) is 5.28 Å². The van der Waals surface area contributed by atoms with E-state index in [2.05, 4.69) is 32.5 Å². The molecule has 1 aliphatic rings. The van der Waals surface area contributed by atoms with Crippen LogP contribution in [0.5, 0.6) is 0 Å². The molecule has 2 unspecified atom stereocenters. The normalized spacial score (nSPS) is 23.7. The van der Waals surface area contributed by atoms with Crippen molar-refractivity contribution in [2.24, 2.45) is 5.92 Å². The molecule has 0 aliphatic heterocycles. The van der Waals surface area contributed by atoms with Gasteiger partial charge in [-0.05, 0) is 43.7 Å². The van der Waals surface area contributed by atoms with E-state index in [9.17, 15) is 0 Å². The summed E-state index contributed by atoms with van der Waals surface area (Å²) >= 11 is 5.86. The summed E-state index contributed by atoms with van der Waals surface area (Å²) in [6.07, 6.45) is 3.59. The highest BCUT2D eigenvalue weighted by Gasteiger charge is 2.22. The lowest BCUT2D eigenvalue weighted by Crippen LogP contribution is -2.18. The van der Waals surface area contributed by atoms with Crippen molar-refractivity contribution in [1.29, 1.82) is 0 Å². The molecular weight excluding hydrogens is 238 g/mol. The molecule has 1 heterocycles. The molecule has 2 rings (SSSR count). The van der Waals surface area contributed by atoms with Crippen LogP contribution in [0.1, 0.15) is 33.1 Å². The number of hydrogen-bond acceptors (Lipinski definition) is 5. The summed E-state index contributed by atoms with van der Waals surface area (Å²) in [5.41, 5.74) is 0. The summed E-state index contributed by atoms with van der Waals surface area (Å²) in [6, 6.07) is 0.456. The smallest absolute Gasteiger partial charge is 0.229 e. The number of halogens is 1. The van der Waals surface area contributed by atoms with Crippen molar-refractivity contribution in [1.82, 2.24) is 15.0 Å². The average molecular weight is 256 g/mol. The minimum Gasteiger partial charge on any atom is -0.354 e. The van der Waals surface area contributed by atoms with Crippen LogP contribution in [0.2, 0.25) is 5.28 Å². The molecule has 0 radical (unpaired) electrons. The van der Waals surface area contributed by atoms with E-state index < -0.39 is 0 Å². The zero-order chi connectivity index (χ0) is 12.3. The van der Waals surface area contributed by atoms with Crippen LogP contribution in [0.3, 0.4) is 0 Å². The Morgan fingerprint density at radius 3 is 2.65 bits per heavy atom. The second-order valence-corrected chi connectivity index (χ2v) is 4.88. The molecule has 0 saturated heterocycles. The summed E-state index contributed by atoms with van der Waals surface area (Å²) < 4.78 is 0. The molecule has 2 atom stereocenters. The number of rotatable bonds is 4. The Labute approximate surface area is 106 Å². The molecule has 94 valence electrons. The fraction of sp³-hybridized carbons (Fsp3) is 0.727. The maximum absolute atomic E-state index is 5.86. The van der Waals surface area contributed by atoms with Crippen molar-refractivity contribution in [3.8, 4) is 0 Å². The molecule has 0 amide bonds. The Kier molecular flexibility index (Phi) is 3.99. The Hall–Kier alpha value is -1.10. The topological polar surface area (TPSA) is 62.7 Å². The maximum Gasteiger partial charge on any atom is 0.229 e. The first kappa shape index (κ1) is 12.4. The fourth-order valence-corrected chi connectivity index (χ4v) is 2.33. The van der Waals surface area contributed by atoms with Crippen LogP contribution in [0.15, 0.2) is 0 Å². The van der Waals surface area contributed by atoms with E-state index in [1.54, 1.807) is 0 Å². The number of nitrogens with zero attached hydrogens (tertiary/aromatic N) is 3. The Bertz CT molecular complexity index is 384. The third-order valence-electron chi connectivity index (χ3n) is 2.97. The van der Waals surface area contributed by atoms with Gasteiger partial charge in [-0.2, -0.15) is 15.0 Å². The van der Waals surface area contributed by atoms with Crippen LogP contribution in [0, 0.1) is 5.92 Å². The molecule has 1 aliphatic carbocycles. The summed E-state index contributed by atoms with van der Waals surface area (Å²) in [5.74, 6) is 1.87. The first-order valence-corrected chi connectivity index (χ1v) is 6.47. The lowest BCUT2D eigenvalue weighted by atomic mass is 10.1. The molecule has 1 saturated carbocycles. The largest absolute Gasteiger partial charge is 0.354 e. The van der Waals surface area contributed by atoms with Crippen molar-refractivity contribution in [2.75, 3.05) is 17.2 Å². The summed E-state index contributed by atoms with van der Waals surface area (Å²) in [5, 5.41) is 6.59. The van der Waals surface area contributed by atoms with Gasteiger partial charge in [0.05, 0.1) is 0 Å². The van der Waals surface area contributed by atoms with Gasteiger partial charge in [0.1, 0.15) is 0 Å². The molecule has 1 fully saturated rings. The third-order valence-corrected chi connectivity index (χ3v) is 3.14. The van der Waals surface area contributed by atoms with E-state index in [-0.39, 0.29) is 5.28 Å². The van der Waals surface area contributed by atoms with Crippen LogP contribution in [0.25, 0.3) is 0 Å². The molecule has 2 N–H and O–H groups in total. The SMILES string of the molecule is CCNc1nc(Cl)nc(NC2CCC(C)C2)n1. The van der Waals surface area contributed by atoms with Gasteiger partial charge in [0.25, 0.3) is 0 Å². The van der Waals surface area contributed by atoms with Crippen LogP contribution in [-0.4, -0.2) is 27.5 Å². The van der Waals surface area contributed by atoms with Gasteiger partial charge in [0.2, 0.25) is 17.2 Å². The van der Waals surface area contributed by atoms with E-state index in [4.69, 9.17) is 11.6 Å². The van der Waals surface area contributed by atoms with E-state index >= 15 is 0 Å². The van der Waals surface area contributed by atoms with Gasteiger partial charge in [-0.15, -0.1) is 0 Å². The predicted molar refractivity (Wildman–Crippen MR) is 69.4 cm³/mol. The Balaban J connectivity index is 2.04. The molecular formula is C11H18ClN5. The molecule has 0 aromatic carbocycles. The van der Waals surface area contributed by atoms with Gasteiger partial charge in [-0.25, -0.2) is 0 Å². The Morgan fingerprint density at radius 1 is 1.24 bits per heavy atom. The molecule has 6 heteroatoms. The van der Waals surface area contributed by atoms with Gasteiger partial charge in [0.15, 0.2) is 0 Å². The standard InChI is InChI=1S/C11H18ClN5/c1-3-13-10-15-9(12)16-11(17-10)14-8-5-4-7(2)6-8/h7-8H,3-6H2,1-2H3,(H2,13,14,15,16,17). The van der Waals surface area contributed by atoms with Gasteiger partial charge >= 0.3 is 0 Å². The van der Waals surface area contributed by atoms with Crippen LogP contribution >= 0.6 is 11.6 Å². The zero-order valence-electron chi connectivity index (χ0n) is 10.2. The first-order valence-electron chi connectivity index (χ1n) is 6.09. The van der Waals surface area contributed by atoms with E-state index in [1.807, 2.05) is 6.92 Å². The highest BCUT2D eigenvalue weighted by atomic mass is 35.5. The lowest BCUT2D eigenvalue weighted by molar-refractivity contribution is 0.601. The second kappa shape index (κ2) is 5.49. The monoisotopic (exact) mass is 255 g/mol. The van der Waals surface area contributed by atoms with Crippen LogP contribution in [0.4, 0.5) is 11.9 Å². The van der Waals surface area contributed by atoms with Gasteiger partial charge in [0, 0.05) is 12.6 Å². The number of anilines is 2. The molecule has 1 aromatic heterocycles. The number of hydrogen-bond donors (Lipinski definition) is 2. The highest BCUT2D eigenvalue weighted by Crippen LogP contribution is 2.26. The Morgan fingerprint density at radius 2 is 2.00 bits per heavy atom. The van der Waals surface area contributed by atoms with Crippen LogP contribution in [-0.2, 0) is 0 Å². The van der Waals surface area contributed by atoms with E-state index in [0.29, 0.717) is 17.9 Å². The average Bonchev–Trinajstić information content (AvgIpc) is 2.63. The van der Waals surface area contributed by atoms with Crippen molar-refractivity contribution in [3.63, 3.8) is 0 Å². The fourth-order valence-electron chi connectivity index (χ4n) is 2.17. The van der Waals surface area contributed by atoms with E-state index in [1.165, 1.54) is 19.3 Å². The quantitative estimate of drug-likeness (QED) is 0.866. The summed E-state index contributed by atoms with van der Waals surface area (Å²) in [4.78, 5) is 12.4. The summed E-state index contributed by atoms with van der Waals surface area (Å²) in [6.45, 7) is 5.02. The third kappa shape index (κ3) is 3.43. The molecule has 17 heavy (non-hydrogen) atoms. The minimum absolute atomic E-state index is 0.226. The van der Waals surface area contributed by atoms with Crippen molar-refractivity contribution < 1.29 is 0 Å². The van der Waals surface area contributed by atoms with Crippen molar-refractivity contribution in [2.45, 2.75) is 39.2 Å². The van der Waals surface area contributed by atoms with Gasteiger partial charge in [-0.1, -0.05) is 6.92 Å². The zero-order valence-corrected chi connectivity index (χ0v) is 11.0. The van der Waals surface area contributed by atoms with Crippen LogP contribution < -0.4 is 10.6 Å². The second-order valence-electron chi connectivity index (χ2n) is 4.54.